The maximum Gasteiger partial charge on any atom is 0.308 e. The monoisotopic (exact) mass is 392 g/mol. The summed E-state index contributed by atoms with van der Waals surface area (Å²) < 4.78 is 11.5. The van der Waals surface area contributed by atoms with Gasteiger partial charge in [-0.2, -0.15) is 0 Å². The molecule has 0 amide bonds. The Kier molecular flexibility index (Phi) is 7.19. The number of aliphatic hydroxyl groups excluding tert-OH is 1. The van der Waals surface area contributed by atoms with Gasteiger partial charge >= 0.3 is 11.9 Å². The standard InChI is InChI=1S/C23H36O5/c1-4-14(2)23(26)28-20-7-5-6-16-9-8-15(3)19(22(16)20)11-10-18-12-17(24)13-21(25)27-18/h8-9,14-20,22,24H,4-7,10-13H2,1-3H3/t14-,15-,16?,17+,18?,19-,20-,22-/m0/s1. The van der Waals surface area contributed by atoms with E-state index < -0.39 is 6.10 Å². The van der Waals surface area contributed by atoms with E-state index in [0.29, 0.717) is 30.1 Å². The third kappa shape index (κ3) is 4.97. The second-order valence-corrected chi connectivity index (χ2v) is 9.15. The SMILES string of the molecule is CC[C@H](C)C(=O)O[C@H]1CCCC2C=C[C@H](C)[C@H](CCC3C[C@@H](O)CC(=O)O3)[C@H]21. The van der Waals surface area contributed by atoms with Gasteiger partial charge in [-0.1, -0.05) is 32.9 Å². The molecule has 28 heavy (non-hydrogen) atoms. The lowest BCUT2D eigenvalue weighted by Crippen LogP contribution is -2.44. The molecule has 2 aliphatic carbocycles. The number of carbonyl (C=O) groups is 2. The molecule has 1 aliphatic heterocycles. The molecule has 1 saturated carbocycles. The molecule has 2 unspecified atom stereocenters. The van der Waals surface area contributed by atoms with Gasteiger partial charge in [-0.05, 0) is 56.3 Å². The molecule has 3 aliphatic rings. The Hall–Kier alpha value is -1.36. The fraction of sp³-hybridized carbons (Fsp3) is 0.826. The highest BCUT2D eigenvalue weighted by Crippen LogP contribution is 2.46. The molecule has 0 aromatic carbocycles. The summed E-state index contributed by atoms with van der Waals surface area (Å²) in [5, 5.41) is 9.87. The predicted octanol–water partition coefficient (Wildman–Crippen LogP) is 4.03. The van der Waals surface area contributed by atoms with Gasteiger partial charge in [-0.3, -0.25) is 9.59 Å². The lowest BCUT2D eigenvalue weighted by atomic mass is 9.62. The maximum atomic E-state index is 12.5. The minimum absolute atomic E-state index is 0.0165. The molecule has 1 N–H and O–H groups in total. The molecule has 158 valence electrons. The number of fused-ring (bicyclic) bond motifs is 1. The second kappa shape index (κ2) is 9.43. The van der Waals surface area contributed by atoms with Gasteiger partial charge in [-0.25, -0.2) is 0 Å². The van der Waals surface area contributed by atoms with E-state index in [9.17, 15) is 14.7 Å². The molecule has 2 fully saturated rings. The summed E-state index contributed by atoms with van der Waals surface area (Å²) in [6, 6.07) is 0. The van der Waals surface area contributed by atoms with E-state index in [0.717, 1.165) is 38.5 Å². The molecular formula is C23H36O5. The number of allylic oxidation sites excluding steroid dienone is 2. The number of cyclic esters (lactones) is 1. The van der Waals surface area contributed by atoms with Crippen LogP contribution < -0.4 is 0 Å². The normalized spacial score (nSPS) is 39.0. The summed E-state index contributed by atoms with van der Waals surface area (Å²) in [5.74, 6) is 1.19. The molecule has 1 heterocycles. The van der Waals surface area contributed by atoms with E-state index in [-0.39, 0.29) is 36.5 Å². The first-order chi connectivity index (χ1) is 13.4. The minimum Gasteiger partial charge on any atom is -0.462 e. The van der Waals surface area contributed by atoms with Crippen LogP contribution in [0.2, 0.25) is 0 Å². The molecule has 0 bridgehead atoms. The molecule has 0 aromatic rings. The molecule has 0 radical (unpaired) electrons. The van der Waals surface area contributed by atoms with Crippen molar-refractivity contribution in [2.75, 3.05) is 0 Å². The van der Waals surface area contributed by atoms with Crippen LogP contribution in [0.3, 0.4) is 0 Å². The number of hydrogen-bond donors (Lipinski definition) is 1. The van der Waals surface area contributed by atoms with Crippen molar-refractivity contribution in [1.29, 1.82) is 0 Å². The van der Waals surface area contributed by atoms with E-state index in [4.69, 9.17) is 9.47 Å². The number of ether oxygens (including phenoxy) is 2. The Morgan fingerprint density at radius 1 is 1.32 bits per heavy atom. The summed E-state index contributed by atoms with van der Waals surface area (Å²) in [6.45, 7) is 6.19. The van der Waals surface area contributed by atoms with Gasteiger partial charge in [-0.15, -0.1) is 0 Å². The van der Waals surface area contributed by atoms with Crippen LogP contribution in [-0.2, 0) is 19.1 Å². The second-order valence-electron chi connectivity index (χ2n) is 9.15. The Balaban J connectivity index is 1.68. The van der Waals surface area contributed by atoms with E-state index >= 15 is 0 Å². The van der Waals surface area contributed by atoms with Gasteiger partial charge in [0, 0.05) is 12.3 Å². The summed E-state index contributed by atoms with van der Waals surface area (Å²) >= 11 is 0. The van der Waals surface area contributed by atoms with Gasteiger partial charge < -0.3 is 14.6 Å². The van der Waals surface area contributed by atoms with Crippen molar-refractivity contribution in [3.63, 3.8) is 0 Å². The number of carbonyl (C=O) groups excluding carboxylic acids is 2. The summed E-state index contributed by atoms with van der Waals surface area (Å²) in [5.41, 5.74) is 0. The van der Waals surface area contributed by atoms with Crippen molar-refractivity contribution in [2.45, 2.75) is 90.4 Å². The maximum absolute atomic E-state index is 12.5. The van der Waals surface area contributed by atoms with Crippen LogP contribution in [0.4, 0.5) is 0 Å². The fourth-order valence-corrected chi connectivity index (χ4v) is 5.29. The number of hydrogen-bond acceptors (Lipinski definition) is 5. The van der Waals surface area contributed by atoms with Crippen LogP contribution in [0.1, 0.15) is 72.1 Å². The average Bonchev–Trinajstić information content (AvgIpc) is 2.66. The lowest BCUT2D eigenvalue weighted by Gasteiger charge is -2.46. The van der Waals surface area contributed by atoms with Crippen LogP contribution in [0.15, 0.2) is 12.2 Å². The van der Waals surface area contributed by atoms with Crippen molar-refractivity contribution in [3.8, 4) is 0 Å². The predicted molar refractivity (Wildman–Crippen MR) is 106 cm³/mol. The molecule has 5 nitrogen and oxygen atoms in total. The zero-order chi connectivity index (χ0) is 20.3. The highest BCUT2D eigenvalue weighted by atomic mass is 16.5. The van der Waals surface area contributed by atoms with E-state index in [1.165, 1.54) is 0 Å². The molecule has 0 aromatic heterocycles. The largest absolute Gasteiger partial charge is 0.462 e. The fourth-order valence-electron chi connectivity index (χ4n) is 5.29. The molecule has 5 heteroatoms. The van der Waals surface area contributed by atoms with Crippen LogP contribution >= 0.6 is 0 Å². The van der Waals surface area contributed by atoms with Crippen LogP contribution in [0, 0.1) is 29.6 Å². The summed E-state index contributed by atoms with van der Waals surface area (Å²) in [7, 11) is 0. The van der Waals surface area contributed by atoms with Gasteiger partial charge in [0.2, 0.25) is 0 Å². The smallest absolute Gasteiger partial charge is 0.308 e. The quantitative estimate of drug-likeness (QED) is 0.546. The minimum atomic E-state index is -0.582. The number of aliphatic hydroxyl groups is 1. The highest BCUT2D eigenvalue weighted by molar-refractivity contribution is 5.72. The topological polar surface area (TPSA) is 72.8 Å². The van der Waals surface area contributed by atoms with Gasteiger partial charge in [0.15, 0.2) is 0 Å². The van der Waals surface area contributed by atoms with E-state index in [1.54, 1.807) is 0 Å². The molecule has 1 saturated heterocycles. The van der Waals surface area contributed by atoms with Gasteiger partial charge in [0.05, 0.1) is 18.4 Å². The zero-order valence-electron chi connectivity index (χ0n) is 17.5. The average molecular weight is 393 g/mol. The van der Waals surface area contributed by atoms with Gasteiger partial charge in [0.1, 0.15) is 12.2 Å². The van der Waals surface area contributed by atoms with E-state index in [2.05, 4.69) is 19.1 Å². The van der Waals surface area contributed by atoms with Crippen molar-refractivity contribution in [1.82, 2.24) is 0 Å². The van der Waals surface area contributed by atoms with Crippen molar-refractivity contribution in [2.24, 2.45) is 29.6 Å². The van der Waals surface area contributed by atoms with Crippen molar-refractivity contribution in [3.05, 3.63) is 12.2 Å². The zero-order valence-corrected chi connectivity index (χ0v) is 17.5. The highest BCUT2D eigenvalue weighted by Gasteiger charge is 2.43. The van der Waals surface area contributed by atoms with Crippen LogP contribution in [0.25, 0.3) is 0 Å². The van der Waals surface area contributed by atoms with Crippen LogP contribution in [0.5, 0.6) is 0 Å². The first kappa shape index (κ1) is 21.4. The number of esters is 2. The van der Waals surface area contributed by atoms with E-state index in [1.807, 2.05) is 13.8 Å². The molecule has 8 atom stereocenters. The summed E-state index contributed by atoms with van der Waals surface area (Å²) in [6.07, 6.45) is 10.2. The Labute approximate surface area is 168 Å². The first-order valence-corrected chi connectivity index (χ1v) is 11.1. The van der Waals surface area contributed by atoms with Crippen molar-refractivity contribution < 1.29 is 24.2 Å². The van der Waals surface area contributed by atoms with Crippen molar-refractivity contribution >= 4 is 11.9 Å². The van der Waals surface area contributed by atoms with Gasteiger partial charge in [0.25, 0.3) is 0 Å². The third-order valence-electron chi connectivity index (χ3n) is 7.12. The Morgan fingerprint density at radius 3 is 2.82 bits per heavy atom. The summed E-state index contributed by atoms with van der Waals surface area (Å²) in [4.78, 5) is 24.1. The third-order valence-corrected chi connectivity index (χ3v) is 7.12. The molecule has 3 rings (SSSR count). The molecular weight excluding hydrogens is 356 g/mol. The number of rotatable bonds is 6. The molecule has 0 spiro atoms. The lowest BCUT2D eigenvalue weighted by molar-refractivity contribution is -0.164. The Bertz CT molecular complexity index is 586. The first-order valence-electron chi connectivity index (χ1n) is 11.1. The van der Waals surface area contributed by atoms with Crippen LogP contribution in [-0.4, -0.2) is 35.4 Å². The Morgan fingerprint density at radius 2 is 2.11 bits per heavy atom.